The van der Waals surface area contributed by atoms with Gasteiger partial charge in [-0.1, -0.05) is 19.4 Å². The van der Waals surface area contributed by atoms with Crippen LogP contribution in [0.25, 0.3) is 11.1 Å². The predicted octanol–water partition coefficient (Wildman–Crippen LogP) is 3.78. The molecular weight excluding hydrogens is 268 g/mol. The quantitative estimate of drug-likeness (QED) is 0.879. The van der Waals surface area contributed by atoms with Gasteiger partial charge in [-0.25, -0.2) is 0 Å². The number of anilines is 2. The summed E-state index contributed by atoms with van der Waals surface area (Å²) in [5.74, 6) is 0.588. The summed E-state index contributed by atoms with van der Waals surface area (Å²) >= 11 is 1.44. The van der Waals surface area contributed by atoms with E-state index in [1.165, 1.54) is 37.2 Å². The van der Waals surface area contributed by atoms with Crippen LogP contribution in [0, 0.1) is 5.41 Å². The second-order valence-corrected chi connectivity index (χ2v) is 6.35. The van der Waals surface area contributed by atoms with Gasteiger partial charge >= 0.3 is 0 Å². The largest absolute Gasteiger partial charge is 0.382 e. The van der Waals surface area contributed by atoms with E-state index in [9.17, 15) is 0 Å². The van der Waals surface area contributed by atoms with Gasteiger partial charge in [-0.3, -0.25) is 4.98 Å². The van der Waals surface area contributed by atoms with Gasteiger partial charge in [0.1, 0.15) is 10.8 Å². The van der Waals surface area contributed by atoms with Crippen LogP contribution in [0.4, 0.5) is 10.8 Å². The summed E-state index contributed by atoms with van der Waals surface area (Å²) in [6.45, 7) is 3.29. The van der Waals surface area contributed by atoms with Crippen LogP contribution in [0.1, 0.15) is 32.6 Å². The number of hydrogen-bond donors (Lipinski definition) is 2. The predicted molar refractivity (Wildman–Crippen MR) is 84.8 cm³/mol. The van der Waals surface area contributed by atoms with Crippen molar-refractivity contribution in [2.45, 2.75) is 32.6 Å². The molecule has 5 heteroatoms. The SMILES string of the molecule is CCC1(CNc2snc(N)c2-c2cccnc2)CCC1. The second-order valence-electron chi connectivity index (χ2n) is 5.57. The Morgan fingerprint density at radius 2 is 2.30 bits per heavy atom. The second kappa shape index (κ2) is 5.40. The maximum atomic E-state index is 6.02. The maximum absolute atomic E-state index is 6.02. The lowest BCUT2D eigenvalue weighted by Crippen LogP contribution is -2.35. The zero-order chi connectivity index (χ0) is 14.0. The summed E-state index contributed by atoms with van der Waals surface area (Å²) in [6.07, 6.45) is 8.85. The van der Waals surface area contributed by atoms with Crippen LogP contribution in [-0.2, 0) is 0 Å². The average Bonchev–Trinajstić information content (AvgIpc) is 2.80. The van der Waals surface area contributed by atoms with Crippen molar-refractivity contribution in [2.24, 2.45) is 5.41 Å². The number of nitrogens with one attached hydrogen (secondary N) is 1. The molecule has 0 bridgehead atoms. The van der Waals surface area contributed by atoms with E-state index in [2.05, 4.69) is 21.6 Å². The van der Waals surface area contributed by atoms with E-state index in [4.69, 9.17) is 5.73 Å². The highest BCUT2D eigenvalue weighted by molar-refractivity contribution is 7.11. The van der Waals surface area contributed by atoms with Crippen LogP contribution in [0.3, 0.4) is 0 Å². The molecule has 3 N–H and O–H groups in total. The Kier molecular flexibility index (Phi) is 3.61. The molecule has 0 spiro atoms. The number of aromatic nitrogens is 2. The van der Waals surface area contributed by atoms with Crippen molar-refractivity contribution < 1.29 is 0 Å². The summed E-state index contributed by atoms with van der Waals surface area (Å²) < 4.78 is 4.29. The number of hydrogen-bond acceptors (Lipinski definition) is 5. The summed E-state index contributed by atoms with van der Waals surface area (Å²) in [5.41, 5.74) is 8.52. The minimum Gasteiger partial charge on any atom is -0.382 e. The molecule has 3 rings (SSSR count). The van der Waals surface area contributed by atoms with E-state index < -0.39 is 0 Å². The van der Waals surface area contributed by atoms with Crippen LogP contribution in [-0.4, -0.2) is 15.9 Å². The molecule has 2 aromatic rings. The highest BCUT2D eigenvalue weighted by Crippen LogP contribution is 2.45. The molecule has 106 valence electrons. The van der Waals surface area contributed by atoms with Gasteiger partial charge in [0.2, 0.25) is 0 Å². The summed E-state index contributed by atoms with van der Waals surface area (Å²) in [7, 11) is 0. The van der Waals surface area contributed by atoms with Crippen LogP contribution in [0.2, 0.25) is 0 Å². The molecule has 1 aliphatic rings. The molecule has 4 nitrogen and oxygen atoms in total. The third-order valence-electron chi connectivity index (χ3n) is 4.46. The van der Waals surface area contributed by atoms with Gasteiger partial charge in [-0.15, -0.1) is 0 Å². The van der Waals surface area contributed by atoms with Crippen LogP contribution in [0.15, 0.2) is 24.5 Å². The fourth-order valence-corrected chi connectivity index (χ4v) is 3.54. The first-order valence-corrected chi connectivity index (χ1v) is 7.91. The molecule has 20 heavy (non-hydrogen) atoms. The lowest BCUT2D eigenvalue weighted by Gasteiger charge is -2.41. The Labute approximate surface area is 123 Å². The van der Waals surface area contributed by atoms with Crippen LogP contribution in [0.5, 0.6) is 0 Å². The van der Waals surface area contributed by atoms with E-state index >= 15 is 0 Å². The lowest BCUT2D eigenvalue weighted by atomic mass is 9.67. The Morgan fingerprint density at radius 1 is 1.45 bits per heavy atom. The fraction of sp³-hybridized carbons (Fsp3) is 0.467. The molecule has 0 saturated heterocycles. The van der Waals surface area contributed by atoms with Gasteiger partial charge in [-0.2, -0.15) is 4.37 Å². The summed E-state index contributed by atoms with van der Waals surface area (Å²) in [5, 5.41) is 4.64. The molecule has 2 aromatic heterocycles. The Morgan fingerprint density at radius 3 is 2.90 bits per heavy atom. The van der Waals surface area contributed by atoms with Crippen LogP contribution >= 0.6 is 11.5 Å². The number of nitrogens with zero attached hydrogens (tertiary/aromatic N) is 2. The van der Waals surface area contributed by atoms with Crippen molar-refractivity contribution in [3.63, 3.8) is 0 Å². The Balaban J connectivity index is 1.81. The van der Waals surface area contributed by atoms with Gasteiger partial charge < -0.3 is 11.1 Å². The highest BCUT2D eigenvalue weighted by atomic mass is 32.1. The molecule has 2 heterocycles. The molecule has 0 atom stereocenters. The lowest BCUT2D eigenvalue weighted by molar-refractivity contribution is 0.145. The molecule has 0 radical (unpaired) electrons. The maximum Gasteiger partial charge on any atom is 0.147 e. The van der Waals surface area contributed by atoms with E-state index in [-0.39, 0.29) is 0 Å². The molecule has 0 aromatic carbocycles. The molecule has 1 saturated carbocycles. The molecule has 0 unspecified atom stereocenters. The molecule has 0 amide bonds. The highest BCUT2D eigenvalue weighted by Gasteiger charge is 2.35. The molecule has 1 fully saturated rings. The third kappa shape index (κ3) is 2.38. The molecule has 1 aliphatic carbocycles. The fourth-order valence-electron chi connectivity index (χ4n) is 2.81. The molecule has 0 aliphatic heterocycles. The summed E-state index contributed by atoms with van der Waals surface area (Å²) in [4.78, 5) is 4.17. The van der Waals surface area contributed by atoms with Gasteiger partial charge in [0.25, 0.3) is 0 Å². The minimum atomic E-state index is 0.477. The topological polar surface area (TPSA) is 63.8 Å². The normalized spacial score (nSPS) is 16.6. The number of nitrogen functional groups attached to an aromatic ring is 1. The van der Waals surface area contributed by atoms with Crippen molar-refractivity contribution >= 4 is 22.4 Å². The van der Waals surface area contributed by atoms with E-state index in [1.54, 1.807) is 6.20 Å². The Hall–Kier alpha value is -1.62. The van der Waals surface area contributed by atoms with E-state index in [0.29, 0.717) is 11.2 Å². The van der Waals surface area contributed by atoms with Gasteiger partial charge in [0, 0.05) is 24.5 Å². The van der Waals surface area contributed by atoms with Crippen molar-refractivity contribution in [1.82, 2.24) is 9.36 Å². The van der Waals surface area contributed by atoms with Crippen molar-refractivity contribution in [1.29, 1.82) is 0 Å². The average molecular weight is 288 g/mol. The van der Waals surface area contributed by atoms with Gasteiger partial charge in [0.05, 0.1) is 5.56 Å². The van der Waals surface area contributed by atoms with Crippen molar-refractivity contribution in [3.8, 4) is 11.1 Å². The van der Waals surface area contributed by atoms with Crippen LogP contribution < -0.4 is 11.1 Å². The zero-order valence-corrected chi connectivity index (χ0v) is 12.5. The van der Waals surface area contributed by atoms with Gasteiger partial charge in [0.15, 0.2) is 0 Å². The monoisotopic (exact) mass is 288 g/mol. The van der Waals surface area contributed by atoms with Crippen molar-refractivity contribution in [3.05, 3.63) is 24.5 Å². The smallest absolute Gasteiger partial charge is 0.147 e. The first-order chi connectivity index (χ1) is 9.74. The van der Waals surface area contributed by atoms with E-state index in [1.807, 2.05) is 18.3 Å². The first kappa shape index (κ1) is 13.4. The minimum absolute atomic E-state index is 0.477. The van der Waals surface area contributed by atoms with Gasteiger partial charge in [-0.05, 0) is 42.3 Å². The Bertz CT molecular complexity index is 569. The first-order valence-electron chi connectivity index (χ1n) is 7.13. The van der Waals surface area contributed by atoms with E-state index in [0.717, 1.165) is 22.7 Å². The summed E-state index contributed by atoms with van der Waals surface area (Å²) in [6, 6.07) is 3.95. The molecular formula is C15H20N4S. The third-order valence-corrected chi connectivity index (χ3v) is 5.28. The number of pyridine rings is 1. The standard InChI is InChI=1S/C15H20N4S/c1-2-15(6-4-7-15)10-18-14-12(13(16)19-20-14)11-5-3-8-17-9-11/h3,5,8-9,18H,2,4,6-7,10H2,1H3,(H2,16,19). The number of nitrogens with two attached hydrogens (primary N) is 1. The van der Waals surface area contributed by atoms with Crippen molar-refractivity contribution in [2.75, 3.05) is 17.6 Å². The number of rotatable bonds is 5. The zero-order valence-electron chi connectivity index (χ0n) is 11.7.